The first-order chi connectivity index (χ1) is 11.6. The molecule has 0 saturated carbocycles. The van der Waals surface area contributed by atoms with Crippen LogP contribution >= 0.6 is 11.6 Å². The van der Waals surface area contributed by atoms with Gasteiger partial charge in [0.1, 0.15) is 12.1 Å². The van der Waals surface area contributed by atoms with Crippen molar-refractivity contribution < 1.29 is 9.53 Å². The number of hydrogen-bond donors (Lipinski definition) is 1. The number of halogens is 1. The van der Waals surface area contributed by atoms with Gasteiger partial charge in [-0.2, -0.15) is 0 Å². The summed E-state index contributed by atoms with van der Waals surface area (Å²) in [5.74, 6) is 0.687. The maximum atomic E-state index is 12.0. The van der Waals surface area contributed by atoms with E-state index < -0.39 is 0 Å². The summed E-state index contributed by atoms with van der Waals surface area (Å²) < 4.78 is 7.28. The summed E-state index contributed by atoms with van der Waals surface area (Å²) in [5.41, 5.74) is 5.51. The SMILES string of the molecule is Cc1cc(OCCCC(=O)Nn2cnc3ccccc32)ccc1Cl. The molecule has 0 fully saturated rings. The van der Waals surface area contributed by atoms with E-state index in [1.54, 1.807) is 11.0 Å². The third-order valence-electron chi connectivity index (χ3n) is 3.65. The number of imidazole rings is 1. The Morgan fingerprint density at radius 3 is 2.96 bits per heavy atom. The van der Waals surface area contributed by atoms with Gasteiger partial charge in [-0.05, 0) is 49.2 Å². The maximum absolute atomic E-state index is 12.0. The highest BCUT2D eigenvalue weighted by Gasteiger charge is 2.06. The zero-order valence-electron chi connectivity index (χ0n) is 13.3. The second kappa shape index (κ2) is 7.36. The van der Waals surface area contributed by atoms with Crippen molar-refractivity contribution in [3.63, 3.8) is 0 Å². The van der Waals surface area contributed by atoms with Gasteiger partial charge in [-0.1, -0.05) is 23.7 Å². The monoisotopic (exact) mass is 343 g/mol. The quantitative estimate of drug-likeness (QED) is 0.690. The van der Waals surface area contributed by atoms with Crippen LogP contribution < -0.4 is 10.2 Å². The predicted molar refractivity (Wildman–Crippen MR) is 95.0 cm³/mol. The Labute approximate surface area is 145 Å². The second-order valence-electron chi connectivity index (χ2n) is 5.50. The molecule has 6 heteroatoms. The standard InChI is InChI=1S/C18H18ClN3O2/c1-13-11-14(8-9-15(13)19)24-10-4-7-18(23)21-22-12-20-16-5-2-3-6-17(16)22/h2-3,5-6,8-9,11-12H,4,7,10H2,1H3,(H,21,23). The molecule has 1 N–H and O–H groups in total. The fourth-order valence-corrected chi connectivity index (χ4v) is 2.49. The molecule has 3 rings (SSSR count). The zero-order valence-corrected chi connectivity index (χ0v) is 14.1. The summed E-state index contributed by atoms with van der Waals surface area (Å²) >= 11 is 5.98. The second-order valence-corrected chi connectivity index (χ2v) is 5.91. The highest BCUT2D eigenvalue weighted by Crippen LogP contribution is 2.21. The van der Waals surface area contributed by atoms with Gasteiger partial charge in [-0.25, -0.2) is 9.66 Å². The number of nitrogens with one attached hydrogen (secondary N) is 1. The molecule has 0 aliphatic carbocycles. The fourth-order valence-electron chi connectivity index (χ4n) is 2.37. The predicted octanol–water partition coefficient (Wildman–Crippen LogP) is 3.93. The number of aryl methyl sites for hydroxylation is 1. The topological polar surface area (TPSA) is 56.1 Å². The number of para-hydroxylation sites is 2. The fraction of sp³-hybridized carbons (Fsp3) is 0.222. The molecule has 0 aliphatic rings. The Morgan fingerprint density at radius 1 is 1.29 bits per heavy atom. The molecule has 124 valence electrons. The van der Waals surface area contributed by atoms with Gasteiger partial charge in [-0.15, -0.1) is 0 Å². The summed E-state index contributed by atoms with van der Waals surface area (Å²) in [6.45, 7) is 2.40. The molecule has 1 aromatic heterocycles. The molecule has 0 unspecified atom stereocenters. The van der Waals surface area contributed by atoms with Crippen LogP contribution in [0.5, 0.6) is 5.75 Å². The van der Waals surface area contributed by atoms with Crippen LogP contribution in [0.25, 0.3) is 11.0 Å². The number of hydrogen-bond acceptors (Lipinski definition) is 3. The molecular formula is C18H18ClN3O2. The third kappa shape index (κ3) is 3.86. The first-order valence-electron chi connectivity index (χ1n) is 7.74. The van der Waals surface area contributed by atoms with Crippen molar-refractivity contribution in [3.8, 4) is 5.75 Å². The minimum absolute atomic E-state index is 0.0750. The first kappa shape index (κ1) is 16.3. The normalized spacial score (nSPS) is 10.8. The van der Waals surface area contributed by atoms with Crippen molar-refractivity contribution in [1.29, 1.82) is 0 Å². The maximum Gasteiger partial charge on any atom is 0.238 e. The lowest BCUT2D eigenvalue weighted by Crippen LogP contribution is -2.22. The molecule has 1 heterocycles. The number of amides is 1. The first-order valence-corrected chi connectivity index (χ1v) is 8.12. The van der Waals surface area contributed by atoms with Gasteiger partial charge >= 0.3 is 0 Å². The molecular weight excluding hydrogens is 326 g/mol. The highest BCUT2D eigenvalue weighted by atomic mass is 35.5. The van der Waals surface area contributed by atoms with Crippen LogP contribution in [0.2, 0.25) is 5.02 Å². The van der Waals surface area contributed by atoms with Crippen LogP contribution in [0.4, 0.5) is 0 Å². The molecule has 0 saturated heterocycles. The number of ether oxygens (including phenoxy) is 1. The van der Waals surface area contributed by atoms with E-state index in [9.17, 15) is 4.79 Å². The van der Waals surface area contributed by atoms with Crippen molar-refractivity contribution >= 4 is 28.5 Å². The van der Waals surface area contributed by atoms with E-state index in [1.165, 1.54) is 0 Å². The van der Waals surface area contributed by atoms with Crippen molar-refractivity contribution in [1.82, 2.24) is 9.66 Å². The Balaban J connectivity index is 1.46. The molecule has 1 amide bonds. The van der Waals surface area contributed by atoms with Crippen LogP contribution in [0.1, 0.15) is 18.4 Å². The largest absolute Gasteiger partial charge is 0.494 e. The van der Waals surface area contributed by atoms with Crippen LogP contribution in [0.3, 0.4) is 0 Å². The smallest absolute Gasteiger partial charge is 0.238 e. The van der Waals surface area contributed by atoms with Crippen molar-refractivity contribution in [3.05, 3.63) is 59.4 Å². The molecule has 0 spiro atoms. The summed E-state index contributed by atoms with van der Waals surface area (Å²) in [4.78, 5) is 16.3. The number of benzene rings is 2. The van der Waals surface area contributed by atoms with Crippen LogP contribution in [0, 0.1) is 6.92 Å². The van der Waals surface area contributed by atoms with E-state index in [0.29, 0.717) is 24.5 Å². The number of carbonyl (C=O) groups is 1. The Bertz CT molecular complexity index is 860. The summed E-state index contributed by atoms with van der Waals surface area (Å²) in [6, 6.07) is 13.2. The molecule has 0 aliphatic heterocycles. The minimum Gasteiger partial charge on any atom is -0.494 e. The highest BCUT2D eigenvalue weighted by molar-refractivity contribution is 6.31. The van der Waals surface area contributed by atoms with E-state index in [4.69, 9.17) is 16.3 Å². The van der Waals surface area contributed by atoms with Crippen molar-refractivity contribution in [2.45, 2.75) is 19.8 Å². The zero-order chi connectivity index (χ0) is 16.9. The third-order valence-corrected chi connectivity index (χ3v) is 4.07. The number of fused-ring (bicyclic) bond motifs is 1. The lowest BCUT2D eigenvalue weighted by Gasteiger charge is -2.09. The molecule has 0 atom stereocenters. The van der Waals surface area contributed by atoms with Gasteiger partial charge in [0.05, 0.1) is 17.6 Å². The van der Waals surface area contributed by atoms with Crippen molar-refractivity contribution in [2.75, 3.05) is 12.0 Å². The minimum atomic E-state index is -0.0750. The lowest BCUT2D eigenvalue weighted by molar-refractivity contribution is -0.117. The van der Waals surface area contributed by atoms with Crippen LogP contribution in [0.15, 0.2) is 48.8 Å². The average molecular weight is 344 g/mol. The number of aromatic nitrogens is 2. The number of rotatable bonds is 6. The molecule has 0 bridgehead atoms. The van der Waals surface area contributed by atoms with E-state index in [0.717, 1.165) is 22.3 Å². The van der Waals surface area contributed by atoms with E-state index in [2.05, 4.69) is 10.4 Å². The van der Waals surface area contributed by atoms with Gasteiger partial charge in [0.25, 0.3) is 0 Å². The Kier molecular flexibility index (Phi) is 5.01. The van der Waals surface area contributed by atoms with Crippen molar-refractivity contribution in [2.24, 2.45) is 0 Å². The molecule has 5 nitrogen and oxygen atoms in total. The van der Waals surface area contributed by atoms with Gasteiger partial charge in [0.2, 0.25) is 5.91 Å². The molecule has 24 heavy (non-hydrogen) atoms. The molecule has 2 aromatic carbocycles. The molecule has 0 radical (unpaired) electrons. The summed E-state index contributed by atoms with van der Waals surface area (Å²) in [5, 5.41) is 0.717. The van der Waals surface area contributed by atoms with E-state index in [-0.39, 0.29) is 5.91 Å². The average Bonchev–Trinajstić information content (AvgIpc) is 2.98. The van der Waals surface area contributed by atoms with Gasteiger partial charge in [0.15, 0.2) is 0 Å². The Morgan fingerprint density at radius 2 is 2.12 bits per heavy atom. The van der Waals surface area contributed by atoms with Gasteiger partial charge in [0, 0.05) is 11.4 Å². The molecule has 3 aromatic rings. The lowest BCUT2D eigenvalue weighted by atomic mass is 10.2. The number of nitrogens with zero attached hydrogens (tertiary/aromatic N) is 2. The summed E-state index contributed by atoms with van der Waals surface area (Å²) in [7, 11) is 0. The van der Waals surface area contributed by atoms with E-state index in [1.807, 2.05) is 49.4 Å². The summed E-state index contributed by atoms with van der Waals surface area (Å²) in [6.07, 6.45) is 2.61. The Hall–Kier alpha value is -2.53. The van der Waals surface area contributed by atoms with Crippen LogP contribution in [-0.2, 0) is 4.79 Å². The van der Waals surface area contributed by atoms with Crippen LogP contribution in [-0.4, -0.2) is 22.2 Å². The number of carbonyl (C=O) groups excluding carboxylic acids is 1. The van der Waals surface area contributed by atoms with Gasteiger partial charge < -0.3 is 4.74 Å². The van der Waals surface area contributed by atoms with E-state index >= 15 is 0 Å². The van der Waals surface area contributed by atoms with Gasteiger partial charge in [-0.3, -0.25) is 10.2 Å².